The topological polar surface area (TPSA) is 122 Å². The lowest BCUT2D eigenvalue weighted by Crippen LogP contribution is -2.05. The van der Waals surface area contributed by atoms with Gasteiger partial charge in [0.2, 0.25) is 0 Å². The van der Waals surface area contributed by atoms with Crippen molar-refractivity contribution in [3.63, 3.8) is 0 Å². The van der Waals surface area contributed by atoms with E-state index in [2.05, 4.69) is 57.9 Å². The number of carboxylic acid groups (broad SMARTS) is 1. The van der Waals surface area contributed by atoms with Gasteiger partial charge in [0, 0.05) is 17.5 Å². The van der Waals surface area contributed by atoms with E-state index < -0.39 is 5.97 Å². The molecule has 2 aromatic heterocycles. The van der Waals surface area contributed by atoms with E-state index >= 15 is 0 Å². The van der Waals surface area contributed by atoms with Crippen molar-refractivity contribution in [3.8, 4) is 33.9 Å². The number of unbranched alkanes of at least 4 members (excludes halogenated alkanes) is 2. The maximum atomic E-state index is 11.1. The third kappa shape index (κ3) is 5.83. The summed E-state index contributed by atoms with van der Waals surface area (Å²) in [7, 11) is 0. The van der Waals surface area contributed by atoms with Gasteiger partial charge in [-0.2, -0.15) is 5.10 Å². The number of nitrogens with one attached hydrogen (secondary N) is 1. The lowest BCUT2D eigenvalue weighted by atomic mass is 9.98. The summed E-state index contributed by atoms with van der Waals surface area (Å²) in [5, 5.41) is 28.3. The Balaban J connectivity index is 1.41. The molecule has 3 aromatic carbocycles. The second-order valence-electron chi connectivity index (χ2n) is 9.23. The highest BCUT2D eigenvalue weighted by Crippen LogP contribution is 2.30. The summed E-state index contributed by atoms with van der Waals surface area (Å²) < 4.78 is 1.94. The molecule has 192 valence electrons. The number of aromatic amines is 1. The van der Waals surface area contributed by atoms with Crippen LogP contribution in [0.5, 0.6) is 0 Å². The molecule has 0 saturated heterocycles. The van der Waals surface area contributed by atoms with Crippen molar-refractivity contribution in [2.45, 2.75) is 45.6 Å². The van der Waals surface area contributed by atoms with Gasteiger partial charge in [-0.3, -0.25) is 4.79 Å². The van der Waals surface area contributed by atoms with E-state index in [9.17, 15) is 4.79 Å². The predicted molar refractivity (Wildman–Crippen MR) is 144 cm³/mol. The number of nitrogens with zero attached hydrogens (tertiary/aromatic N) is 6. The monoisotopic (exact) mass is 507 g/mol. The molecule has 0 spiro atoms. The Hall–Kier alpha value is -4.66. The Bertz CT molecular complexity index is 1490. The van der Waals surface area contributed by atoms with E-state index in [0.29, 0.717) is 12.4 Å². The molecule has 0 atom stereocenters. The van der Waals surface area contributed by atoms with Crippen LogP contribution in [0, 0.1) is 0 Å². The van der Waals surface area contributed by atoms with Crippen molar-refractivity contribution >= 4 is 5.97 Å². The lowest BCUT2D eigenvalue weighted by Gasteiger charge is -2.10. The van der Waals surface area contributed by atoms with Crippen molar-refractivity contribution in [2.75, 3.05) is 0 Å². The van der Waals surface area contributed by atoms with Crippen molar-refractivity contribution in [2.24, 2.45) is 0 Å². The predicted octanol–water partition coefficient (Wildman–Crippen LogP) is 5.20. The van der Waals surface area contributed by atoms with Gasteiger partial charge >= 0.3 is 5.97 Å². The fourth-order valence-electron chi connectivity index (χ4n) is 4.48. The van der Waals surface area contributed by atoms with E-state index in [0.717, 1.165) is 70.7 Å². The molecule has 0 fully saturated rings. The van der Waals surface area contributed by atoms with Gasteiger partial charge in [-0.1, -0.05) is 92.6 Å². The van der Waals surface area contributed by atoms with Crippen LogP contribution >= 0.6 is 0 Å². The number of benzene rings is 3. The van der Waals surface area contributed by atoms with Gasteiger partial charge in [-0.25, -0.2) is 14.8 Å². The van der Waals surface area contributed by atoms with Gasteiger partial charge < -0.3 is 5.11 Å². The number of hydrogen-bond acceptors (Lipinski definition) is 6. The average Bonchev–Trinajstić information content (AvgIpc) is 3.60. The van der Waals surface area contributed by atoms with Gasteiger partial charge in [0.15, 0.2) is 17.5 Å². The standard InChI is InChI=1S/C29H29N7O2/c1-2-3-4-9-26-30-29(23-16-10-20(11-17-23)18-27(37)38)36(33-26)19-21-12-14-22(15-13-21)24-7-5-6-8-25(24)28-31-34-35-32-28/h5-8,10-17H,2-4,9,18-19H2,1H3,(H,37,38)(H,31,32,34,35). The van der Waals surface area contributed by atoms with E-state index in [1.54, 1.807) is 0 Å². The minimum absolute atomic E-state index is 0.00232. The van der Waals surface area contributed by atoms with Crippen LogP contribution in [0.25, 0.3) is 33.9 Å². The average molecular weight is 508 g/mol. The van der Waals surface area contributed by atoms with Gasteiger partial charge in [0.05, 0.1) is 13.0 Å². The van der Waals surface area contributed by atoms with E-state index in [1.807, 2.05) is 47.1 Å². The Kier molecular flexibility index (Phi) is 7.63. The second kappa shape index (κ2) is 11.6. The van der Waals surface area contributed by atoms with Crippen LogP contribution in [0.4, 0.5) is 0 Å². The van der Waals surface area contributed by atoms with Crippen LogP contribution in [0.2, 0.25) is 0 Å². The molecule has 0 aliphatic rings. The van der Waals surface area contributed by atoms with Crippen LogP contribution < -0.4 is 0 Å². The van der Waals surface area contributed by atoms with Crippen LogP contribution in [0.15, 0.2) is 72.8 Å². The molecule has 5 rings (SSSR count). The molecular formula is C29H29N7O2. The highest BCUT2D eigenvalue weighted by molar-refractivity contribution is 5.80. The molecular weight excluding hydrogens is 478 g/mol. The quantitative estimate of drug-likeness (QED) is 0.236. The first-order valence-corrected chi connectivity index (χ1v) is 12.8. The Morgan fingerprint density at radius 3 is 2.29 bits per heavy atom. The summed E-state index contributed by atoms with van der Waals surface area (Å²) in [6.45, 7) is 2.75. The summed E-state index contributed by atoms with van der Waals surface area (Å²) in [6, 6.07) is 23.9. The van der Waals surface area contributed by atoms with Gasteiger partial charge in [0.25, 0.3) is 0 Å². The maximum Gasteiger partial charge on any atom is 0.307 e. The molecule has 0 aliphatic heterocycles. The third-order valence-electron chi connectivity index (χ3n) is 6.41. The number of aryl methyl sites for hydroxylation is 1. The minimum atomic E-state index is -0.845. The number of rotatable bonds is 11. The lowest BCUT2D eigenvalue weighted by molar-refractivity contribution is -0.136. The molecule has 2 N–H and O–H groups in total. The summed E-state index contributed by atoms with van der Waals surface area (Å²) in [5.74, 6) is 1.39. The molecule has 9 nitrogen and oxygen atoms in total. The van der Waals surface area contributed by atoms with Crippen molar-refractivity contribution in [1.82, 2.24) is 35.4 Å². The zero-order valence-corrected chi connectivity index (χ0v) is 21.2. The molecule has 0 bridgehead atoms. The van der Waals surface area contributed by atoms with Gasteiger partial charge in [0.1, 0.15) is 0 Å². The number of tetrazole rings is 1. The first kappa shape index (κ1) is 25.0. The van der Waals surface area contributed by atoms with E-state index in [4.69, 9.17) is 15.2 Å². The fraction of sp³-hybridized carbons (Fsp3) is 0.241. The summed E-state index contributed by atoms with van der Waals surface area (Å²) in [5.41, 5.74) is 5.81. The van der Waals surface area contributed by atoms with Gasteiger partial charge in [-0.15, -0.1) is 5.10 Å². The minimum Gasteiger partial charge on any atom is -0.481 e. The molecule has 9 heteroatoms. The van der Waals surface area contributed by atoms with Crippen LogP contribution in [0.3, 0.4) is 0 Å². The summed E-state index contributed by atoms with van der Waals surface area (Å²) in [6.07, 6.45) is 4.16. The third-order valence-corrected chi connectivity index (χ3v) is 6.41. The highest BCUT2D eigenvalue weighted by Gasteiger charge is 2.14. The fourth-order valence-corrected chi connectivity index (χ4v) is 4.48. The van der Waals surface area contributed by atoms with Crippen molar-refractivity contribution in [1.29, 1.82) is 0 Å². The zero-order chi connectivity index (χ0) is 26.3. The number of H-pyrrole nitrogens is 1. The summed E-state index contributed by atoms with van der Waals surface area (Å²) >= 11 is 0. The van der Waals surface area contributed by atoms with E-state index in [-0.39, 0.29) is 6.42 Å². The van der Waals surface area contributed by atoms with Gasteiger partial charge in [-0.05, 0) is 39.1 Å². The molecule has 5 aromatic rings. The second-order valence-corrected chi connectivity index (χ2v) is 9.23. The molecule has 0 aliphatic carbocycles. The Morgan fingerprint density at radius 2 is 1.61 bits per heavy atom. The molecule has 38 heavy (non-hydrogen) atoms. The number of aliphatic carboxylic acids is 1. The molecule has 0 saturated carbocycles. The first-order chi connectivity index (χ1) is 18.6. The highest BCUT2D eigenvalue weighted by atomic mass is 16.4. The van der Waals surface area contributed by atoms with Crippen LogP contribution in [-0.2, 0) is 24.2 Å². The first-order valence-electron chi connectivity index (χ1n) is 12.8. The molecule has 2 heterocycles. The Labute approximate surface area is 220 Å². The van der Waals surface area contributed by atoms with Crippen molar-refractivity contribution in [3.05, 3.63) is 89.7 Å². The smallest absolute Gasteiger partial charge is 0.307 e. The summed E-state index contributed by atoms with van der Waals surface area (Å²) in [4.78, 5) is 15.9. The van der Waals surface area contributed by atoms with Crippen LogP contribution in [0.1, 0.15) is 43.1 Å². The maximum absolute atomic E-state index is 11.1. The molecule has 0 amide bonds. The number of hydrogen-bond donors (Lipinski definition) is 2. The van der Waals surface area contributed by atoms with E-state index in [1.165, 1.54) is 0 Å². The number of aromatic nitrogens is 7. The largest absolute Gasteiger partial charge is 0.481 e. The van der Waals surface area contributed by atoms with Crippen LogP contribution in [-0.4, -0.2) is 46.5 Å². The van der Waals surface area contributed by atoms with Crippen molar-refractivity contribution < 1.29 is 9.90 Å². The normalized spacial score (nSPS) is 11.1. The zero-order valence-electron chi connectivity index (χ0n) is 21.2. The number of carbonyl (C=O) groups is 1. The Morgan fingerprint density at radius 1 is 0.895 bits per heavy atom. The number of carboxylic acids is 1. The SMILES string of the molecule is CCCCCc1nc(-c2ccc(CC(=O)O)cc2)n(Cc2ccc(-c3ccccc3-c3nnn[nH]3)cc2)n1. The molecule has 0 radical (unpaired) electrons. The molecule has 0 unspecified atom stereocenters.